The average molecular weight is 332 g/mol. The zero-order chi connectivity index (χ0) is 18.0. The molecule has 1 aromatic rings. The molecule has 134 valence electrons. The fraction of sp³-hybridized carbons (Fsp3) is 0.579. The topological polar surface area (TPSA) is 65.5 Å². The van der Waals surface area contributed by atoms with E-state index in [2.05, 4.69) is 34.8 Å². The summed E-state index contributed by atoms with van der Waals surface area (Å²) in [7, 11) is 0. The number of carbonyl (C=O) groups is 1. The molecule has 3 N–H and O–H groups in total. The highest BCUT2D eigenvalue weighted by molar-refractivity contribution is 5.94. The molecule has 24 heavy (non-hydrogen) atoms. The highest BCUT2D eigenvalue weighted by Crippen LogP contribution is 2.09. The molecule has 1 rings (SSSR count). The lowest BCUT2D eigenvalue weighted by atomic mass is 10.1. The van der Waals surface area contributed by atoms with Crippen molar-refractivity contribution in [2.75, 3.05) is 13.1 Å². The monoisotopic (exact) mass is 332 g/mol. The molecule has 1 aromatic carbocycles. The van der Waals surface area contributed by atoms with Crippen molar-refractivity contribution in [3.8, 4) is 0 Å². The molecule has 1 amide bonds. The Kier molecular flexibility index (Phi) is 8.30. The van der Waals surface area contributed by atoms with E-state index in [0.717, 1.165) is 37.5 Å². The smallest absolute Gasteiger partial charge is 0.251 e. The Balaban J connectivity index is 2.74. The zero-order valence-corrected chi connectivity index (χ0v) is 15.7. The normalized spacial score (nSPS) is 12.0. The summed E-state index contributed by atoms with van der Waals surface area (Å²) < 4.78 is 0. The number of hydrogen-bond donors (Lipinski definition) is 3. The summed E-state index contributed by atoms with van der Waals surface area (Å²) in [4.78, 5) is 16.8. The number of nitrogens with zero attached hydrogens (tertiary/aromatic N) is 1. The highest BCUT2D eigenvalue weighted by atomic mass is 16.1. The molecule has 0 bridgehead atoms. The van der Waals surface area contributed by atoms with Gasteiger partial charge in [-0.2, -0.15) is 0 Å². The fourth-order valence-corrected chi connectivity index (χ4v) is 2.12. The SMILES string of the molecule is CCCCNC(=NCc1cccc(C(=O)NC(C)(C)C)c1)NCC. The van der Waals surface area contributed by atoms with E-state index in [0.29, 0.717) is 12.1 Å². The Morgan fingerprint density at radius 1 is 1.17 bits per heavy atom. The van der Waals surface area contributed by atoms with Crippen LogP contribution >= 0.6 is 0 Å². The third kappa shape index (κ3) is 7.99. The van der Waals surface area contributed by atoms with Crippen molar-refractivity contribution < 1.29 is 4.79 Å². The van der Waals surface area contributed by atoms with E-state index in [-0.39, 0.29) is 11.4 Å². The summed E-state index contributed by atoms with van der Waals surface area (Å²) in [6.45, 7) is 12.4. The Morgan fingerprint density at radius 2 is 1.92 bits per heavy atom. The third-order valence-electron chi connectivity index (χ3n) is 3.26. The molecular weight excluding hydrogens is 300 g/mol. The molecule has 0 radical (unpaired) electrons. The number of aliphatic imine (C=N–C) groups is 1. The number of rotatable bonds is 7. The summed E-state index contributed by atoms with van der Waals surface area (Å²) in [5.74, 6) is 0.761. The molecule has 5 nitrogen and oxygen atoms in total. The van der Waals surface area contributed by atoms with Crippen molar-refractivity contribution >= 4 is 11.9 Å². The lowest BCUT2D eigenvalue weighted by molar-refractivity contribution is 0.0919. The van der Waals surface area contributed by atoms with Gasteiger partial charge in [-0.1, -0.05) is 25.5 Å². The van der Waals surface area contributed by atoms with E-state index >= 15 is 0 Å². The zero-order valence-electron chi connectivity index (χ0n) is 15.7. The van der Waals surface area contributed by atoms with Gasteiger partial charge in [-0.3, -0.25) is 4.79 Å². The van der Waals surface area contributed by atoms with Crippen LogP contribution < -0.4 is 16.0 Å². The van der Waals surface area contributed by atoms with Crippen molar-refractivity contribution in [1.29, 1.82) is 0 Å². The fourth-order valence-electron chi connectivity index (χ4n) is 2.12. The predicted molar refractivity (Wildman–Crippen MR) is 101 cm³/mol. The van der Waals surface area contributed by atoms with Gasteiger partial charge in [0.05, 0.1) is 6.54 Å². The molecule has 0 heterocycles. The van der Waals surface area contributed by atoms with Gasteiger partial charge in [0.25, 0.3) is 5.91 Å². The second-order valence-electron chi connectivity index (χ2n) is 6.88. The number of nitrogens with one attached hydrogen (secondary N) is 3. The first-order valence-corrected chi connectivity index (χ1v) is 8.79. The number of guanidine groups is 1. The van der Waals surface area contributed by atoms with Crippen LogP contribution in [0.25, 0.3) is 0 Å². The maximum absolute atomic E-state index is 12.3. The van der Waals surface area contributed by atoms with Crippen LogP contribution in [0.5, 0.6) is 0 Å². The minimum Gasteiger partial charge on any atom is -0.357 e. The standard InChI is InChI=1S/C19H32N4O/c1-6-8-12-21-18(20-7-2)22-14-15-10-9-11-16(13-15)17(24)23-19(3,4)5/h9-11,13H,6-8,12,14H2,1-5H3,(H,23,24)(H2,20,21,22). The lowest BCUT2D eigenvalue weighted by Crippen LogP contribution is -2.40. The Hall–Kier alpha value is -2.04. The lowest BCUT2D eigenvalue weighted by Gasteiger charge is -2.20. The van der Waals surface area contributed by atoms with Gasteiger partial charge in [-0.25, -0.2) is 4.99 Å². The minimum atomic E-state index is -0.243. The van der Waals surface area contributed by atoms with Crippen LogP contribution in [0.3, 0.4) is 0 Å². The molecule has 0 saturated carbocycles. The molecule has 0 unspecified atom stereocenters. The maximum atomic E-state index is 12.3. The number of hydrogen-bond acceptors (Lipinski definition) is 2. The number of carbonyl (C=O) groups excluding carboxylic acids is 1. The van der Waals surface area contributed by atoms with E-state index in [1.807, 2.05) is 45.0 Å². The predicted octanol–water partition coefficient (Wildman–Crippen LogP) is 3.07. The Morgan fingerprint density at radius 3 is 2.54 bits per heavy atom. The molecule has 0 fully saturated rings. The molecule has 0 aliphatic heterocycles. The van der Waals surface area contributed by atoms with E-state index in [4.69, 9.17) is 0 Å². The van der Waals surface area contributed by atoms with Crippen LogP contribution in [0.1, 0.15) is 63.4 Å². The van der Waals surface area contributed by atoms with Gasteiger partial charge in [0.1, 0.15) is 0 Å². The Labute approximate surface area is 146 Å². The summed E-state index contributed by atoms with van der Waals surface area (Å²) in [6.07, 6.45) is 2.27. The van der Waals surface area contributed by atoms with Gasteiger partial charge < -0.3 is 16.0 Å². The second-order valence-corrected chi connectivity index (χ2v) is 6.88. The van der Waals surface area contributed by atoms with Crippen molar-refractivity contribution in [2.24, 2.45) is 4.99 Å². The van der Waals surface area contributed by atoms with Crippen LogP contribution in [-0.4, -0.2) is 30.5 Å². The van der Waals surface area contributed by atoms with E-state index in [1.54, 1.807) is 0 Å². The minimum absolute atomic E-state index is 0.0543. The van der Waals surface area contributed by atoms with Gasteiger partial charge >= 0.3 is 0 Å². The highest BCUT2D eigenvalue weighted by Gasteiger charge is 2.15. The van der Waals surface area contributed by atoms with Crippen molar-refractivity contribution in [2.45, 2.75) is 59.5 Å². The van der Waals surface area contributed by atoms with Crippen LogP contribution in [0.2, 0.25) is 0 Å². The molecule has 0 aliphatic rings. The van der Waals surface area contributed by atoms with Crippen LogP contribution in [0, 0.1) is 0 Å². The number of amides is 1. The van der Waals surface area contributed by atoms with Gasteiger partial charge in [0, 0.05) is 24.2 Å². The van der Waals surface area contributed by atoms with E-state index < -0.39 is 0 Å². The average Bonchev–Trinajstić information content (AvgIpc) is 2.51. The van der Waals surface area contributed by atoms with E-state index in [9.17, 15) is 4.79 Å². The van der Waals surface area contributed by atoms with Crippen molar-refractivity contribution in [3.63, 3.8) is 0 Å². The Bertz CT molecular complexity index is 547. The second kappa shape index (κ2) is 9.96. The van der Waals surface area contributed by atoms with Crippen LogP contribution in [0.4, 0.5) is 0 Å². The molecule has 0 aromatic heterocycles. The van der Waals surface area contributed by atoms with Crippen molar-refractivity contribution in [3.05, 3.63) is 35.4 Å². The number of benzene rings is 1. The molecule has 5 heteroatoms. The summed E-state index contributed by atoms with van der Waals surface area (Å²) in [5.41, 5.74) is 1.44. The van der Waals surface area contributed by atoms with Crippen molar-refractivity contribution in [1.82, 2.24) is 16.0 Å². The third-order valence-corrected chi connectivity index (χ3v) is 3.26. The molecule has 0 aliphatic carbocycles. The largest absolute Gasteiger partial charge is 0.357 e. The van der Waals surface area contributed by atoms with Gasteiger partial charge in [-0.15, -0.1) is 0 Å². The summed E-state index contributed by atoms with van der Waals surface area (Å²) >= 11 is 0. The van der Waals surface area contributed by atoms with Gasteiger partial charge in [0.2, 0.25) is 0 Å². The summed E-state index contributed by atoms with van der Waals surface area (Å²) in [5, 5.41) is 9.54. The first kappa shape index (κ1) is 20.0. The van der Waals surface area contributed by atoms with Crippen LogP contribution in [0.15, 0.2) is 29.3 Å². The maximum Gasteiger partial charge on any atom is 0.251 e. The van der Waals surface area contributed by atoms with E-state index in [1.165, 1.54) is 0 Å². The number of unbranched alkanes of at least 4 members (excludes halogenated alkanes) is 1. The van der Waals surface area contributed by atoms with Gasteiger partial charge in [-0.05, 0) is 51.8 Å². The molecule has 0 spiro atoms. The molecule has 0 atom stereocenters. The quantitative estimate of drug-likeness (QED) is 0.408. The van der Waals surface area contributed by atoms with Crippen LogP contribution in [-0.2, 0) is 6.54 Å². The molecular formula is C19H32N4O. The first-order chi connectivity index (χ1) is 11.4. The molecule has 0 saturated heterocycles. The summed E-state index contributed by atoms with van der Waals surface area (Å²) in [6, 6.07) is 7.63. The van der Waals surface area contributed by atoms with Gasteiger partial charge in [0.15, 0.2) is 5.96 Å². The first-order valence-electron chi connectivity index (χ1n) is 8.79.